The summed E-state index contributed by atoms with van der Waals surface area (Å²) in [5, 5.41) is 0. The summed E-state index contributed by atoms with van der Waals surface area (Å²) in [6.45, 7) is 4.59. The number of halogens is 1. The van der Waals surface area contributed by atoms with E-state index in [0.29, 0.717) is 0 Å². The average molecular weight is 387 g/mol. The van der Waals surface area contributed by atoms with Crippen LogP contribution in [0.25, 0.3) is 6.08 Å². The number of hydrogen-bond acceptors (Lipinski definition) is 2. The number of pyridine rings is 1. The molecule has 5 heteroatoms. The molecule has 1 saturated heterocycles. The molecular weight excluding hydrogens is 366 g/mol. The second kappa shape index (κ2) is 8.22. The molecule has 0 bridgehead atoms. The first-order valence-electron chi connectivity index (χ1n) is 8.16. The van der Waals surface area contributed by atoms with Gasteiger partial charge in [-0.2, -0.15) is 0 Å². The van der Waals surface area contributed by atoms with Gasteiger partial charge in [0.2, 0.25) is 5.91 Å². The molecule has 0 spiro atoms. The minimum atomic E-state index is 0.0980. The summed E-state index contributed by atoms with van der Waals surface area (Å²) in [4.78, 5) is 19.8. The van der Waals surface area contributed by atoms with Crippen LogP contribution in [0.15, 0.2) is 59.3 Å². The van der Waals surface area contributed by atoms with Gasteiger partial charge in [-0.3, -0.25) is 9.78 Å². The van der Waals surface area contributed by atoms with Crippen molar-refractivity contribution in [3.63, 3.8) is 0 Å². The van der Waals surface area contributed by atoms with Crippen molar-refractivity contribution in [2.24, 2.45) is 0 Å². The number of hydrogen-bond donors (Lipinski definition) is 1. The van der Waals surface area contributed by atoms with Crippen LogP contribution in [0.4, 0.5) is 0 Å². The van der Waals surface area contributed by atoms with E-state index in [-0.39, 0.29) is 5.91 Å². The van der Waals surface area contributed by atoms with E-state index in [1.807, 2.05) is 47.6 Å². The molecule has 0 aliphatic carbocycles. The number of benzene rings is 1. The van der Waals surface area contributed by atoms with Crippen LogP contribution in [-0.4, -0.2) is 42.0 Å². The van der Waals surface area contributed by atoms with Crippen LogP contribution in [0, 0.1) is 0 Å². The van der Waals surface area contributed by atoms with Crippen LogP contribution >= 0.6 is 15.9 Å². The molecule has 1 aromatic heterocycles. The summed E-state index contributed by atoms with van der Waals surface area (Å²) in [7, 11) is 0. The van der Waals surface area contributed by atoms with Gasteiger partial charge >= 0.3 is 0 Å². The van der Waals surface area contributed by atoms with Crippen LogP contribution in [0.2, 0.25) is 0 Å². The van der Waals surface area contributed by atoms with Crippen molar-refractivity contribution in [3.8, 4) is 0 Å². The number of carbonyl (C=O) groups excluding carboxylic acids is 1. The van der Waals surface area contributed by atoms with Crippen LogP contribution in [0.3, 0.4) is 0 Å². The maximum absolute atomic E-state index is 12.3. The Morgan fingerprint density at radius 2 is 1.79 bits per heavy atom. The number of piperazine rings is 1. The van der Waals surface area contributed by atoms with Gasteiger partial charge in [-0.1, -0.05) is 28.1 Å². The lowest BCUT2D eigenvalue weighted by Gasteiger charge is -2.31. The zero-order valence-corrected chi connectivity index (χ0v) is 15.1. The summed E-state index contributed by atoms with van der Waals surface area (Å²) in [5.41, 5.74) is 2.34. The molecule has 0 unspecified atom stereocenters. The van der Waals surface area contributed by atoms with E-state index in [1.165, 1.54) is 10.5 Å². The first kappa shape index (κ1) is 16.9. The van der Waals surface area contributed by atoms with Gasteiger partial charge in [-0.05, 0) is 35.9 Å². The van der Waals surface area contributed by atoms with E-state index in [1.54, 1.807) is 6.08 Å². The minimum absolute atomic E-state index is 0.0980. The molecule has 24 heavy (non-hydrogen) atoms. The van der Waals surface area contributed by atoms with Crippen LogP contribution in [0.5, 0.6) is 0 Å². The van der Waals surface area contributed by atoms with Crippen molar-refractivity contribution in [1.82, 2.24) is 9.88 Å². The third-order valence-electron chi connectivity index (χ3n) is 4.27. The van der Waals surface area contributed by atoms with Gasteiger partial charge < -0.3 is 9.80 Å². The van der Waals surface area contributed by atoms with Crippen molar-refractivity contribution in [1.29, 1.82) is 0 Å². The molecule has 4 nitrogen and oxygen atoms in total. The van der Waals surface area contributed by atoms with Crippen LogP contribution < -0.4 is 4.90 Å². The lowest BCUT2D eigenvalue weighted by atomic mass is 10.2. The Bertz CT molecular complexity index is 692. The zero-order valence-electron chi connectivity index (χ0n) is 13.5. The average Bonchev–Trinajstić information content (AvgIpc) is 2.62. The maximum atomic E-state index is 12.3. The number of aromatic nitrogens is 1. The number of nitrogens with zero attached hydrogens (tertiary/aromatic N) is 2. The molecule has 1 fully saturated rings. The summed E-state index contributed by atoms with van der Waals surface area (Å²) in [6.07, 6.45) is 7.23. The molecule has 2 aromatic rings. The van der Waals surface area contributed by atoms with E-state index in [0.717, 1.165) is 42.8 Å². The van der Waals surface area contributed by atoms with E-state index < -0.39 is 0 Å². The highest BCUT2D eigenvalue weighted by Gasteiger charge is 2.22. The highest BCUT2D eigenvalue weighted by Crippen LogP contribution is 2.11. The molecule has 3 rings (SSSR count). The molecule has 0 saturated carbocycles. The predicted octanol–water partition coefficient (Wildman–Crippen LogP) is 1.78. The summed E-state index contributed by atoms with van der Waals surface area (Å²) in [6, 6.07) is 12.1. The largest absolute Gasteiger partial charge is 0.328 e. The van der Waals surface area contributed by atoms with E-state index in [9.17, 15) is 4.79 Å². The van der Waals surface area contributed by atoms with Crippen molar-refractivity contribution in [2.45, 2.75) is 6.54 Å². The number of carbonyl (C=O) groups is 1. The van der Waals surface area contributed by atoms with E-state index in [2.05, 4.69) is 33.0 Å². The Balaban J connectivity index is 1.49. The van der Waals surface area contributed by atoms with Crippen molar-refractivity contribution < 1.29 is 9.69 Å². The lowest BCUT2D eigenvalue weighted by Crippen LogP contribution is -3.13. The third kappa shape index (κ3) is 4.76. The number of rotatable bonds is 4. The highest BCUT2D eigenvalue weighted by molar-refractivity contribution is 9.10. The Hall–Kier alpha value is -1.98. The topological polar surface area (TPSA) is 37.6 Å². The van der Waals surface area contributed by atoms with Crippen molar-refractivity contribution in [3.05, 3.63) is 70.5 Å². The molecule has 1 aliphatic rings. The van der Waals surface area contributed by atoms with Crippen LogP contribution in [-0.2, 0) is 11.3 Å². The summed E-state index contributed by atoms with van der Waals surface area (Å²) in [5.74, 6) is 0.0980. The third-order valence-corrected chi connectivity index (χ3v) is 4.80. The summed E-state index contributed by atoms with van der Waals surface area (Å²) >= 11 is 3.41. The zero-order chi connectivity index (χ0) is 16.8. The quantitative estimate of drug-likeness (QED) is 0.813. The molecular formula is C19H21BrN3O+. The Morgan fingerprint density at radius 1 is 1.12 bits per heavy atom. The number of nitrogens with one attached hydrogen (secondary N) is 1. The molecule has 1 N–H and O–H groups in total. The van der Waals surface area contributed by atoms with E-state index >= 15 is 0 Å². The van der Waals surface area contributed by atoms with Gasteiger partial charge in [0.25, 0.3) is 0 Å². The fraction of sp³-hybridized carbons (Fsp3) is 0.263. The Morgan fingerprint density at radius 3 is 2.46 bits per heavy atom. The summed E-state index contributed by atoms with van der Waals surface area (Å²) < 4.78 is 1.04. The van der Waals surface area contributed by atoms with Gasteiger partial charge in [-0.25, -0.2) is 0 Å². The first-order valence-corrected chi connectivity index (χ1v) is 8.95. The van der Waals surface area contributed by atoms with Crippen molar-refractivity contribution in [2.75, 3.05) is 26.2 Å². The van der Waals surface area contributed by atoms with Gasteiger partial charge in [0, 0.05) is 28.5 Å². The van der Waals surface area contributed by atoms with Crippen molar-refractivity contribution >= 4 is 27.9 Å². The molecule has 2 heterocycles. The Labute approximate surface area is 150 Å². The van der Waals surface area contributed by atoms with E-state index in [4.69, 9.17) is 0 Å². The predicted molar refractivity (Wildman–Crippen MR) is 98.4 cm³/mol. The van der Waals surface area contributed by atoms with Gasteiger partial charge in [0.1, 0.15) is 6.54 Å². The SMILES string of the molecule is O=C(/C=C/c1ccc(Br)cc1)N1CC[NH+](Cc2ccncc2)CC1. The van der Waals surface area contributed by atoms with Gasteiger partial charge in [0.15, 0.2) is 0 Å². The van der Waals surface area contributed by atoms with Crippen LogP contribution in [0.1, 0.15) is 11.1 Å². The monoisotopic (exact) mass is 386 g/mol. The maximum Gasteiger partial charge on any atom is 0.246 e. The minimum Gasteiger partial charge on any atom is -0.328 e. The second-order valence-corrected chi connectivity index (χ2v) is 6.91. The molecule has 0 atom stereocenters. The fourth-order valence-electron chi connectivity index (χ4n) is 2.86. The Kier molecular flexibility index (Phi) is 5.77. The second-order valence-electron chi connectivity index (χ2n) is 5.99. The molecule has 1 amide bonds. The van der Waals surface area contributed by atoms with Gasteiger partial charge in [-0.15, -0.1) is 0 Å². The van der Waals surface area contributed by atoms with Gasteiger partial charge in [0.05, 0.1) is 26.2 Å². The number of amides is 1. The normalized spacial score (nSPS) is 15.8. The number of quaternary nitrogens is 1. The molecule has 1 aliphatic heterocycles. The first-order chi connectivity index (χ1) is 11.7. The fourth-order valence-corrected chi connectivity index (χ4v) is 3.12. The highest BCUT2D eigenvalue weighted by atomic mass is 79.9. The standard InChI is InChI=1S/C19H20BrN3O/c20-18-4-1-16(2-5-18)3-6-19(24)23-13-11-22(12-14-23)15-17-7-9-21-10-8-17/h1-10H,11-15H2/p+1/b6-3+. The molecule has 124 valence electrons. The lowest BCUT2D eigenvalue weighted by molar-refractivity contribution is -0.917. The smallest absolute Gasteiger partial charge is 0.246 e. The molecule has 0 radical (unpaired) electrons. The molecule has 1 aromatic carbocycles.